The highest BCUT2D eigenvalue weighted by Crippen LogP contribution is 2.31. The molecule has 0 radical (unpaired) electrons. The van der Waals surface area contributed by atoms with E-state index in [1.807, 2.05) is 12.1 Å². The molecule has 0 spiro atoms. The Bertz CT molecular complexity index is 513. The summed E-state index contributed by atoms with van der Waals surface area (Å²) in [4.78, 5) is 0. The minimum Gasteiger partial charge on any atom is -0.0843 e. The lowest BCUT2D eigenvalue weighted by Crippen LogP contribution is -1.87. The molecular weight excluding hydrogens is 251 g/mol. The fraction of sp³-hybridized carbons (Fsp3) is 0.200. The van der Waals surface area contributed by atoms with Crippen molar-refractivity contribution in [2.75, 3.05) is 0 Å². The quantitative estimate of drug-likeness (QED) is 0.645. The van der Waals surface area contributed by atoms with Crippen LogP contribution in [0.25, 0.3) is 11.1 Å². The summed E-state index contributed by atoms with van der Waals surface area (Å²) >= 11 is 12.2. The molecule has 0 aliphatic rings. The van der Waals surface area contributed by atoms with Gasteiger partial charge in [-0.05, 0) is 35.2 Å². The zero-order valence-electron chi connectivity index (χ0n) is 9.87. The van der Waals surface area contributed by atoms with Crippen molar-refractivity contribution in [3.63, 3.8) is 0 Å². The van der Waals surface area contributed by atoms with Crippen LogP contribution in [0.2, 0.25) is 10.0 Å². The van der Waals surface area contributed by atoms with Gasteiger partial charge < -0.3 is 0 Å². The van der Waals surface area contributed by atoms with E-state index in [4.69, 9.17) is 23.2 Å². The Morgan fingerprint density at radius 1 is 0.882 bits per heavy atom. The van der Waals surface area contributed by atoms with Gasteiger partial charge in [-0.15, -0.1) is 0 Å². The molecule has 0 aromatic heterocycles. The van der Waals surface area contributed by atoms with Crippen LogP contribution in [0, 0.1) is 0 Å². The molecule has 2 aromatic carbocycles. The highest BCUT2D eigenvalue weighted by atomic mass is 35.5. The summed E-state index contributed by atoms with van der Waals surface area (Å²) in [5.41, 5.74) is 3.41. The fourth-order valence-electron chi connectivity index (χ4n) is 1.77. The molecule has 0 aliphatic heterocycles. The molecule has 0 unspecified atom stereocenters. The molecule has 17 heavy (non-hydrogen) atoms. The zero-order chi connectivity index (χ0) is 12.4. The van der Waals surface area contributed by atoms with E-state index in [0.717, 1.165) is 16.1 Å². The molecule has 0 saturated heterocycles. The lowest BCUT2D eigenvalue weighted by Gasteiger charge is -2.08. The largest absolute Gasteiger partial charge is 0.0843 e. The third kappa shape index (κ3) is 2.83. The molecular formula is C15H14Cl2. The maximum Gasteiger partial charge on any atom is 0.0485 e. The first kappa shape index (κ1) is 12.5. The van der Waals surface area contributed by atoms with Gasteiger partial charge in [0.1, 0.15) is 0 Å². The number of benzene rings is 2. The second-order valence-corrected chi connectivity index (χ2v) is 5.24. The number of hydrogen-bond acceptors (Lipinski definition) is 0. The van der Waals surface area contributed by atoms with Crippen LogP contribution in [0.1, 0.15) is 25.3 Å². The Morgan fingerprint density at radius 3 is 2.12 bits per heavy atom. The summed E-state index contributed by atoms with van der Waals surface area (Å²) in [5.74, 6) is 0.541. The summed E-state index contributed by atoms with van der Waals surface area (Å²) in [7, 11) is 0. The van der Waals surface area contributed by atoms with Gasteiger partial charge in [-0.25, -0.2) is 0 Å². The predicted molar refractivity (Wildman–Crippen MR) is 76.0 cm³/mol. The maximum absolute atomic E-state index is 6.17. The maximum atomic E-state index is 6.17. The summed E-state index contributed by atoms with van der Waals surface area (Å²) in [6, 6.07) is 14.0. The van der Waals surface area contributed by atoms with Crippen molar-refractivity contribution >= 4 is 23.2 Å². The first-order valence-electron chi connectivity index (χ1n) is 5.63. The highest BCUT2D eigenvalue weighted by molar-refractivity contribution is 6.35. The van der Waals surface area contributed by atoms with Crippen molar-refractivity contribution in [2.45, 2.75) is 19.8 Å². The summed E-state index contributed by atoms with van der Waals surface area (Å²) < 4.78 is 0. The molecule has 2 aromatic rings. The third-order valence-corrected chi connectivity index (χ3v) is 3.38. The molecule has 0 bridgehead atoms. The molecule has 0 fully saturated rings. The first-order valence-corrected chi connectivity index (χ1v) is 6.39. The van der Waals surface area contributed by atoms with Crippen LogP contribution < -0.4 is 0 Å². The molecule has 0 nitrogen and oxygen atoms in total. The van der Waals surface area contributed by atoms with Crippen molar-refractivity contribution in [1.82, 2.24) is 0 Å². The molecule has 2 heteroatoms. The molecule has 0 saturated carbocycles. The Hall–Kier alpha value is -0.980. The number of rotatable bonds is 2. The van der Waals surface area contributed by atoms with Crippen molar-refractivity contribution in [1.29, 1.82) is 0 Å². The molecule has 0 amide bonds. The molecule has 2 rings (SSSR count). The fourth-order valence-corrected chi connectivity index (χ4v) is 2.17. The topological polar surface area (TPSA) is 0 Å². The van der Waals surface area contributed by atoms with Gasteiger partial charge in [0.05, 0.1) is 0 Å². The average molecular weight is 265 g/mol. The van der Waals surface area contributed by atoms with E-state index in [0.29, 0.717) is 10.9 Å². The van der Waals surface area contributed by atoms with Crippen LogP contribution in [0.5, 0.6) is 0 Å². The van der Waals surface area contributed by atoms with E-state index in [1.54, 1.807) is 6.07 Å². The minimum absolute atomic E-state index is 0.541. The Labute approximate surface area is 112 Å². The molecule has 0 heterocycles. The Kier molecular flexibility index (Phi) is 3.76. The third-order valence-electron chi connectivity index (χ3n) is 2.82. The SMILES string of the molecule is CC(C)c1ccc(-c2cc(Cl)ccc2Cl)cc1. The van der Waals surface area contributed by atoms with Gasteiger partial charge in [-0.3, -0.25) is 0 Å². The molecule has 88 valence electrons. The van der Waals surface area contributed by atoms with E-state index in [9.17, 15) is 0 Å². The summed E-state index contributed by atoms with van der Waals surface area (Å²) in [6.07, 6.45) is 0. The van der Waals surface area contributed by atoms with Gasteiger partial charge in [0.25, 0.3) is 0 Å². The van der Waals surface area contributed by atoms with Crippen molar-refractivity contribution in [2.24, 2.45) is 0 Å². The minimum atomic E-state index is 0.541. The second kappa shape index (κ2) is 5.12. The van der Waals surface area contributed by atoms with Crippen LogP contribution in [-0.4, -0.2) is 0 Å². The summed E-state index contributed by atoms with van der Waals surface area (Å²) in [5, 5.41) is 1.43. The van der Waals surface area contributed by atoms with Crippen LogP contribution in [0.4, 0.5) is 0 Å². The normalized spacial score (nSPS) is 10.9. The van der Waals surface area contributed by atoms with Crippen molar-refractivity contribution in [3.8, 4) is 11.1 Å². The van der Waals surface area contributed by atoms with E-state index >= 15 is 0 Å². The number of halogens is 2. The van der Waals surface area contributed by atoms with Crippen LogP contribution >= 0.6 is 23.2 Å². The van der Waals surface area contributed by atoms with E-state index < -0.39 is 0 Å². The first-order chi connectivity index (χ1) is 8.08. The van der Waals surface area contributed by atoms with Gasteiger partial charge in [0.15, 0.2) is 0 Å². The molecule has 0 aliphatic carbocycles. The monoisotopic (exact) mass is 264 g/mol. The van der Waals surface area contributed by atoms with Gasteiger partial charge in [0.2, 0.25) is 0 Å². The molecule has 0 N–H and O–H groups in total. The lowest BCUT2D eigenvalue weighted by molar-refractivity contribution is 0.867. The molecule has 0 atom stereocenters. The van der Waals surface area contributed by atoms with Crippen LogP contribution in [0.3, 0.4) is 0 Å². The standard InChI is InChI=1S/C15H14Cl2/c1-10(2)11-3-5-12(6-4-11)14-9-13(16)7-8-15(14)17/h3-10H,1-2H3. The predicted octanol–water partition coefficient (Wildman–Crippen LogP) is 5.78. The van der Waals surface area contributed by atoms with Crippen LogP contribution in [0.15, 0.2) is 42.5 Å². The second-order valence-electron chi connectivity index (χ2n) is 4.40. The van der Waals surface area contributed by atoms with Crippen molar-refractivity contribution in [3.05, 3.63) is 58.1 Å². The zero-order valence-corrected chi connectivity index (χ0v) is 11.4. The van der Waals surface area contributed by atoms with E-state index in [-0.39, 0.29) is 0 Å². The lowest BCUT2D eigenvalue weighted by atomic mass is 9.99. The van der Waals surface area contributed by atoms with Gasteiger partial charge in [-0.1, -0.05) is 61.3 Å². The van der Waals surface area contributed by atoms with Gasteiger partial charge >= 0.3 is 0 Å². The summed E-state index contributed by atoms with van der Waals surface area (Å²) in [6.45, 7) is 4.36. The number of hydrogen-bond donors (Lipinski definition) is 0. The highest BCUT2D eigenvalue weighted by Gasteiger charge is 2.05. The smallest absolute Gasteiger partial charge is 0.0485 e. The van der Waals surface area contributed by atoms with E-state index in [2.05, 4.69) is 38.1 Å². The van der Waals surface area contributed by atoms with Gasteiger partial charge in [-0.2, -0.15) is 0 Å². The van der Waals surface area contributed by atoms with E-state index in [1.165, 1.54) is 5.56 Å². The Morgan fingerprint density at radius 2 is 1.53 bits per heavy atom. The average Bonchev–Trinajstić information content (AvgIpc) is 2.32. The van der Waals surface area contributed by atoms with Crippen molar-refractivity contribution < 1.29 is 0 Å². The Balaban J connectivity index is 2.43. The van der Waals surface area contributed by atoms with Crippen LogP contribution in [-0.2, 0) is 0 Å². The van der Waals surface area contributed by atoms with Gasteiger partial charge in [0, 0.05) is 15.6 Å².